The molecular formula is C18H16F3N5O. The summed E-state index contributed by atoms with van der Waals surface area (Å²) in [6.07, 6.45) is -3.64. The fourth-order valence-electron chi connectivity index (χ4n) is 2.57. The maximum Gasteiger partial charge on any atom is 0.418 e. The SMILES string of the molecule is CCC(=N)c1cc(NC(=O)c2ncc(C#N)c(C(F)(F)F)c2C)ccc1N. The lowest BCUT2D eigenvalue weighted by atomic mass is 10.0. The highest BCUT2D eigenvalue weighted by Crippen LogP contribution is 2.35. The van der Waals surface area contributed by atoms with Crippen molar-refractivity contribution in [3.63, 3.8) is 0 Å². The van der Waals surface area contributed by atoms with Gasteiger partial charge in [-0.2, -0.15) is 18.4 Å². The number of nitriles is 1. The van der Waals surface area contributed by atoms with Crippen LogP contribution in [0.2, 0.25) is 0 Å². The van der Waals surface area contributed by atoms with E-state index >= 15 is 0 Å². The first-order valence-corrected chi connectivity index (χ1v) is 7.85. The second-order valence-electron chi connectivity index (χ2n) is 5.72. The molecule has 0 unspecified atom stereocenters. The molecule has 0 radical (unpaired) electrons. The third-order valence-electron chi connectivity index (χ3n) is 3.93. The second kappa shape index (κ2) is 7.45. The van der Waals surface area contributed by atoms with E-state index in [1.165, 1.54) is 24.3 Å². The molecule has 0 fully saturated rings. The van der Waals surface area contributed by atoms with E-state index < -0.39 is 34.5 Å². The Balaban J connectivity index is 2.43. The van der Waals surface area contributed by atoms with Crippen molar-refractivity contribution in [2.75, 3.05) is 11.1 Å². The van der Waals surface area contributed by atoms with Crippen LogP contribution in [0.4, 0.5) is 24.5 Å². The molecule has 0 bridgehead atoms. The number of pyridine rings is 1. The van der Waals surface area contributed by atoms with Gasteiger partial charge in [0.05, 0.1) is 11.1 Å². The van der Waals surface area contributed by atoms with E-state index in [1.807, 2.05) is 0 Å². The van der Waals surface area contributed by atoms with Crippen LogP contribution in [0.1, 0.15) is 46.1 Å². The second-order valence-corrected chi connectivity index (χ2v) is 5.72. The number of carbonyl (C=O) groups is 1. The third kappa shape index (κ3) is 4.06. The van der Waals surface area contributed by atoms with Crippen LogP contribution in [0.15, 0.2) is 24.4 Å². The first kappa shape index (κ1) is 19.9. The quantitative estimate of drug-likeness (QED) is 0.555. The maximum absolute atomic E-state index is 13.2. The number of carbonyl (C=O) groups excluding carboxylic acids is 1. The molecule has 27 heavy (non-hydrogen) atoms. The number of nitrogens with one attached hydrogen (secondary N) is 2. The van der Waals surface area contributed by atoms with Gasteiger partial charge in [-0.3, -0.25) is 4.79 Å². The first-order chi connectivity index (χ1) is 12.6. The molecule has 6 nitrogen and oxygen atoms in total. The van der Waals surface area contributed by atoms with Gasteiger partial charge in [-0.25, -0.2) is 4.98 Å². The van der Waals surface area contributed by atoms with Gasteiger partial charge in [0.25, 0.3) is 5.91 Å². The highest BCUT2D eigenvalue weighted by atomic mass is 19.4. The number of hydrogen-bond donors (Lipinski definition) is 3. The van der Waals surface area contributed by atoms with Crippen molar-refractivity contribution in [3.05, 3.63) is 52.3 Å². The Kier molecular flexibility index (Phi) is 5.49. The molecule has 0 aliphatic rings. The van der Waals surface area contributed by atoms with Gasteiger partial charge < -0.3 is 16.5 Å². The molecule has 0 aliphatic carbocycles. The lowest BCUT2D eigenvalue weighted by Gasteiger charge is -2.15. The summed E-state index contributed by atoms with van der Waals surface area (Å²) in [6.45, 7) is 2.86. The van der Waals surface area contributed by atoms with Crippen molar-refractivity contribution in [1.29, 1.82) is 10.7 Å². The summed E-state index contributed by atoms with van der Waals surface area (Å²) in [5, 5.41) is 19.2. The molecule has 0 spiro atoms. The molecule has 140 valence electrons. The fraction of sp³-hybridized carbons (Fsp3) is 0.222. The van der Waals surface area contributed by atoms with E-state index in [-0.39, 0.29) is 11.4 Å². The smallest absolute Gasteiger partial charge is 0.398 e. The summed E-state index contributed by atoms with van der Waals surface area (Å²) in [5.74, 6) is -0.860. The van der Waals surface area contributed by atoms with Crippen molar-refractivity contribution in [3.8, 4) is 6.07 Å². The van der Waals surface area contributed by atoms with Gasteiger partial charge in [-0.15, -0.1) is 0 Å². The molecule has 0 saturated heterocycles. The normalized spacial score (nSPS) is 11.0. The maximum atomic E-state index is 13.2. The molecule has 1 aromatic heterocycles. The van der Waals surface area contributed by atoms with Crippen LogP contribution in [0.3, 0.4) is 0 Å². The van der Waals surface area contributed by atoms with E-state index in [4.69, 9.17) is 16.4 Å². The predicted octanol–water partition coefficient (Wildman–Crippen LogP) is 3.89. The Labute approximate surface area is 153 Å². The molecule has 9 heteroatoms. The number of benzene rings is 1. The largest absolute Gasteiger partial charge is 0.418 e. The molecule has 2 aromatic rings. The Morgan fingerprint density at radius 1 is 1.41 bits per heavy atom. The fourth-order valence-corrected chi connectivity index (χ4v) is 2.57. The van der Waals surface area contributed by atoms with Crippen molar-refractivity contribution in [2.24, 2.45) is 0 Å². The van der Waals surface area contributed by atoms with E-state index in [2.05, 4.69) is 10.3 Å². The van der Waals surface area contributed by atoms with Crippen molar-refractivity contribution in [2.45, 2.75) is 26.4 Å². The van der Waals surface area contributed by atoms with Crippen LogP contribution < -0.4 is 11.1 Å². The molecule has 4 N–H and O–H groups in total. The summed E-state index contributed by atoms with van der Waals surface area (Å²) in [7, 11) is 0. The number of anilines is 2. The highest BCUT2D eigenvalue weighted by Gasteiger charge is 2.37. The number of alkyl halides is 3. The van der Waals surface area contributed by atoms with Gasteiger partial charge >= 0.3 is 6.18 Å². The van der Waals surface area contributed by atoms with Gasteiger partial charge in [0.15, 0.2) is 0 Å². The molecule has 2 rings (SSSR count). The Morgan fingerprint density at radius 3 is 2.63 bits per heavy atom. The van der Waals surface area contributed by atoms with Gasteiger partial charge in [0, 0.05) is 28.8 Å². The van der Waals surface area contributed by atoms with Gasteiger partial charge in [0.2, 0.25) is 0 Å². The number of halogens is 3. The monoisotopic (exact) mass is 375 g/mol. The van der Waals surface area contributed by atoms with Crippen molar-refractivity contribution >= 4 is 23.0 Å². The molecule has 0 saturated carbocycles. The third-order valence-corrected chi connectivity index (χ3v) is 3.93. The number of nitrogens with zero attached hydrogens (tertiary/aromatic N) is 2. The Bertz CT molecular complexity index is 961. The molecular weight excluding hydrogens is 359 g/mol. The number of nitrogen functional groups attached to an aromatic ring is 1. The Hall–Kier alpha value is -3.41. The van der Waals surface area contributed by atoms with Gasteiger partial charge in [0.1, 0.15) is 11.8 Å². The lowest BCUT2D eigenvalue weighted by molar-refractivity contribution is -0.138. The average Bonchev–Trinajstić information content (AvgIpc) is 2.60. The molecule has 1 amide bonds. The van der Waals surface area contributed by atoms with Gasteiger partial charge in [-0.1, -0.05) is 6.92 Å². The minimum absolute atomic E-state index is 0.260. The minimum atomic E-state index is -4.79. The number of nitrogens with two attached hydrogens (primary N) is 1. The first-order valence-electron chi connectivity index (χ1n) is 7.85. The summed E-state index contributed by atoms with van der Waals surface area (Å²) in [5.41, 5.74) is 4.41. The number of hydrogen-bond acceptors (Lipinski definition) is 5. The number of rotatable bonds is 4. The zero-order valence-electron chi connectivity index (χ0n) is 14.5. The topological polar surface area (TPSA) is 116 Å². The van der Waals surface area contributed by atoms with Crippen molar-refractivity contribution < 1.29 is 18.0 Å². The molecule has 1 heterocycles. The summed E-state index contributed by atoms with van der Waals surface area (Å²) < 4.78 is 39.7. The van der Waals surface area contributed by atoms with E-state index in [9.17, 15) is 18.0 Å². The minimum Gasteiger partial charge on any atom is -0.398 e. The molecule has 0 aliphatic heterocycles. The van der Waals surface area contributed by atoms with Crippen LogP contribution in [-0.4, -0.2) is 16.6 Å². The van der Waals surface area contributed by atoms with Crippen LogP contribution >= 0.6 is 0 Å². The Morgan fingerprint density at radius 2 is 2.07 bits per heavy atom. The summed E-state index contributed by atoms with van der Waals surface area (Å²) in [4.78, 5) is 16.1. The molecule has 0 atom stereocenters. The van der Waals surface area contributed by atoms with Crippen LogP contribution in [0.25, 0.3) is 0 Å². The summed E-state index contributed by atoms with van der Waals surface area (Å²) >= 11 is 0. The summed E-state index contributed by atoms with van der Waals surface area (Å²) in [6, 6.07) is 5.89. The number of aromatic nitrogens is 1. The van der Waals surface area contributed by atoms with Crippen LogP contribution in [0.5, 0.6) is 0 Å². The van der Waals surface area contributed by atoms with E-state index in [0.29, 0.717) is 17.7 Å². The standard InChI is InChI=1S/C18H16F3N5O/c1-3-13(23)12-6-11(4-5-14(12)24)26-17(27)16-9(2)15(18(19,20)21)10(7-22)8-25-16/h4-6,8,23H,3,24H2,1-2H3,(H,26,27). The molecule has 1 aromatic carbocycles. The average molecular weight is 375 g/mol. The predicted molar refractivity (Wildman–Crippen MR) is 94.6 cm³/mol. The van der Waals surface area contributed by atoms with E-state index in [1.54, 1.807) is 6.92 Å². The van der Waals surface area contributed by atoms with Crippen LogP contribution in [0, 0.1) is 23.7 Å². The highest BCUT2D eigenvalue weighted by molar-refractivity contribution is 6.07. The zero-order chi connectivity index (χ0) is 20.4. The number of amides is 1. The zero-order valence-corrected chi connectivity index (χ0v) is 14.5. The lowest BCUT2D eigenvalue weighted by Crippen LogP contribution is -2.20. The van der Waals surface area contributed by atoms with Crippen molar-refractivity contribution in [1.82, 2.24) is 4.98 Å². The van der Waals surface area contributed by atoms with Crippen LogP contribution in [-0.2, 0) is 6.18 Å². The van der Waals surface area contributed by atoms with Gasteiger partial charge in [-0.05, 0) is 37.1 Å². The van der Waals surface area contributed by atoms with E-state index in [0.717, 1.165) is 13.1 Å².